The Morgan fingerprint density at radius 2 is 2.13 bits per heavy atom. The minimum Gasteiger partial charge on any atom is -0.477 e. The molecule has 2 aliphatic heterocycles. The molecule has 2 unspecified atom stereocenters. The number of hydrogen-bond acceptors (Lipinski definition) is 10. The first-order valence-electron chi connectivity index (χ1n) is 8.82. The van der Waals surface area contributed by atoms with Crippen LogP contribution in [-0.4, -0.2) is 82.4 Å². The molecule has 1 fully saturated rings. The normalized spacial score (nSPS) is 20.7. The molecule has 0 aliphatic carbocycles. The van der Waals surface area contributed by atoms with Crippen LogP contribution < -0.4 is 10.6 Å². The molecule has 0 bridgehead atoms. The maximum atomic E-state index is 12.8. The summed E-state index contributed by atoms with van der Waals surface area (Å²) in [5, 5.41) is 19.5. The quantitative estimate of drug-likeness (QED) is 0.267. The van der Waals surface area contributed by atoms with Crippen LogP contribution in [0.3, 0.4) is 0 Å². The van der Waals surface area contributed by atoms with Gasteiger partial charge in [0.15, 0.2) is 10.8 Å². The highest BCUT2D eigenvalue weighted by Gasteiger charge is 2.54. The number of carbonyl (C=O) groups excluding carboxylic acids is 3. The summed E-state index contributed by atoms with van der Waals surface area (Å²) >= 11 is 2.42. The standard InChI is InChI=1S/C17H19N5O7S2/c1-7(23)18-17-19-9(6-31-17)10(21-29-3)13(24)20-11-14(25)22-12(16(26)27)8(4-28-2)5-30-15(11)22/h6,11,15H,4-5H2,1-3H3,(H,20,24)(H,26,27)(H,18,19,23)/b21-10-. The number of fused-ring (bicyclic) bond motifs is 1. The average Bonchev–Trinajstić information content (AvgIpc) is 3.16. The third-order valence-corrected chi connectivity index (χ3v) is 6.38. The molecular formula is C17H19N5O7S2. The molecular weight excluding hydrogens is 450 g/mol. The van der Waals surface area contributed by atoms with Gasteiger partial charge in [0.2, 0.25) is 5.91 Å². The lowest BCUT2D eigenvalue weighted by atomic mass is 10.0. The monoisotopic (exact) mass is 469 g/mol. The fourth-order valence-corrected chi connectivity index (χ4v) is 5.13. The zero-order chi connectivity index (χ0) is 22.7. The van der Waals surface area contributed by atoms with Crippen molar-refractivity contribution in [3.63, 3.8) is 0 Å². The lowest BCUT2D eigenvalue weighted by Crippen LogP contribution is -2.71. The molecule has 1 saturated heterocycles. The number of β-lactam (4-membered cyclic amide) rings is 1. The van der Waals surface area contributed by atoms with Crippen molar-refractivity contribution in [3.8, 4) is 0 Å². The number of thioether (sulfide) groups is 1. The molecule has 3 N–H and O–H groups in total. The fourth-order valence-electron chi connectivity index (χ4n) is 3.06. The molecule has 1 aromatic heterocycles. The largest absolute Gasteiger partial charge is 0.477 e. The summed E-state index contributed by atoms with van der Waals surface area (Å²) in [5.41, 5.74) is 0.341. The van der Waals surface area contributed by atoms with Crippen LogP contribution in [0.2, 0.25) is 0 Å². The fraction of sp³-hybridized carbons (Fsp3) is 0.412. The second kappa shape index (κ2) is 9.45. The van der Waals surface area contributed by atoms with E-state index in [1.165, 1.54) is 38.3 Å². The molecule has 3 heterocycles. The number of nitrogens with zero attached hydrogens (tertiary/aromatic N) is 3. The van der Waals surface area contributed by atoms with Crippen molar-refractivity contribution >= 4 is 57.6 Å². The van der Waals surface area contributed by atoms with E-state index in [-0.39, 0.29) is 34.7 Å². The van der Waals surface area contributed by atoms with Crippen LogP contribution in [0.1, 0.15) is 12.6 Å². The zero-order valence-electron chi connectivity index (χ0n) is 16.7. The molecule has 14 heteroatoms. The van der Waals surface area contributed by atoms with E-state index in [1.807, 2.05) is 0 Å². The van der Waals surface area contributed by atoms with E-state index in [4.69, 9.17) is 9.57 Å². The minimum absolute atomic E-state index is 0.0905. The zero-order valence-corrected chi connectivity index (χ0v) is 18.3. The van der Waals surface area contributed by atoms with Gasteiger partial charge in [-0.3, -0.25) is 19.3 Å². The number of aliphatic carboxylic acids is 1. The Morgan fingerprint density at radius 1 is 1.39 bits per heavy atom. The van der Waals surface area contributed by atoms with E-state index in [0.29, 0.717) is 11.3 Å². The molecule has 2 aliphatic rings. The number of aromatic nitrogens is 1. The van der Waals surface area contributed by atoms with Gasteiger partial charge in [-0.1, -0.05) is 5.16 Å². The minimum atomic E-state index is -1.23. The first-order chi connectivity index (χ1) is 14.8. The van der Waals surface area contributed by atoms with E-state index < -0.39 is 29.2 Å². The highest BCUT2D eigenvalue weighted by Crippen LogP contribution is 2.40. The van der Waals surface area contributed by atoms with Crippen molar-refractivity contribution in [1.82, 2.24) is 15.2 Å². The SMILES string of the molecule is COCC1=C(C(=O)O)N2C(=O)C(NC(=O)/C(=N\OC)c3csc(NC(C)=O)n3)C2SC1. The lowest BCUT2D eigenvalue weighted by molar-refractivity contribution is -0.150. The van der Waals surface area contributed by atoms with Crippen LogP contribution in [0.5, 0.6) is 0 Å². The van der Waals surface area contributed by atoms with Crippen LogP contribution >= 0.6 is 23.1 Å². The van der Waals surface area contributed by atoms with Crippen LogP contribution in [0.25, 0.3) is 0 Å². The van der Waals surface area contributed by atoms with Crippen molar-refractivity contribution in [1.29, 1.82) is 0 Å². The van der Waals surface area contributed by atoms with E-state index in [9.17, 15) is 24.3 Å². The number of carbonyl (C=O) groups is 4. The van der Waals surface area contributed by atoms with E-state index in [0.717, 1.165) is 16.2 Å². The topological polar surface area (TPSA) is 160 Å². The second-order valence-corrected chi connectivity index (χ2v) is 8.36. The number of ether oxygens (including phenoxy) is 1. The Morgan fingerprint density at radius 3 is 2.74 bits per heavy atom. The Bertz CT molecular complexity index is 989. The van der Waals surface area contributed by atoms with Crippen molar-refractivity contribution < 1.29 is 33.9 Å². The van der Waals surface area contributed by atoms with Gasteiger partial charge in [-0.2, -0.15) is 0 Å². The predicted molar refractivity (Wildman–Crippen MR) is 112 cm³/mol. The van der Waals surface area contributed by atoms with E-state index >= 15 is 0 Å². The highest BCUT2D eigenvalue weighted by molar-refractivity contribution is 8.00. The molecule has 31 heavy (non-hydrogen) atoms. The van der Waals surface area contributed by atoms with Gasteiger partial charge >= 0.3 is 5.97 Å². The summed E-state index contributed by atoms with van der Waals surface area (Å²) in [6.07, 6.45) is 0. The summed E-state index contributed by atoms with van der Waals surface area (Å²) in [6, 6.07) is -0.938. The van der Waals surface area contributed by atoms with Gasteiger partial charge in [0, 0.05) is 25.2 Å². The van der Waals surface area contributed by atoms with Crippen LogP contribution in [-0.2, 0) is 28.8 Å². The summed E-state index contributed by atoms with van der Waals surface area (Å²) in [4.78, 5) is 58.3. The number of methoxy groups -OCH3 is 1. The molecule has 12 nitrogen and oxygen atoms in total. The number of nitrogens with one attached hydrogen (secondary N) is 2. The second-order valence-electron chi connectivity index (χ2n) is 6.39. The van der Waals surface area contributed by atoms with E-state index in [2.05, 4.69) is 20.8 Å². The first kappa shape index (κ1) is 22.7. The van der Waals surface area contributed by atoms with Gasteiger partial charge in [-0.15, -0.1) is 23.1 Å². The van der Waals surface area contributed by atoms with Crippen molar-refractivity contribution in [2.24, 2.45) is 5.16 Å². The number of oxime groups is 1. The smallest absolute Gasteiger partial charge is 0.352 e. The third-order valence-electron chi connectivity index (χ3n) is 4.28. The summed E-state index contributed by atoms with van der Waals surface area (Å²) in [5.74, 6) is -2.47. The van der Waals surface area contributed by atoms with Gasteiger partial charge in [-0.05, 0) is 5.57 Å². The van der Waals surface area contributed by atoms with Crippen LogP contribution in [0.15, 0.2) is 21.8 Å². The number of thiazole rings is 1. The predicted octanol–water partition coefficient (Wildman–Crippen LogP) is -0.163. The Balaban J connectivity index is 1.77. The molecule has 0 spiro atoms. The summed E-state index contributed by atoms with van der Waals surface area (Å²) in [7, 11) is 2.69. The Kier molecular flexibility index (Phi) is 6.92. The van der Waals surface area contributed by atoms with Crippen molar-refractivity contribution in [2.75, 3.05) is 31.9 Å². The van der Waals surface area contributed by atoms with Crippen LogP contribution in [0.4, 0.5) is 5.13 Å². The van der Waals surface area contributed by atoms with Crippen molar-refractivity contribution in [2.45, 2.75) is 18.3 Å². The van der Waals surface area contributed by atoms with Crippen molar-refractivity contribution in [3.05, 3.63) is 22.3 Å². The molecule has 1 aromatic rings. The third kappa shape index (κ3) is 4.55. The molecule has 0 radical (unpaired) electrons. The molecule has 0 saturated carbocycles. The van der Waals surface area contributed by atoms with E-state index in [1.54, 1.807) is 0 Å². The van der Waals surface area contributed by atoms with Gasteiger partial charge in [-0.25, -0.2) is 9.78 Å². The maximum Gasteiger partial charge on any atom is 0.352 e. The van der Waals surface area contributed by atoms with Gasteiger partial charge < -0.3 is 25.3 Å². The number of amides is 3. The lowest BCUT2D eigenvalue weighted by Gasteiger charge is -2.49. The number of anilines is 1. The average molecular weight is 470 g/mol. The maximum absolute atomic E-state index is 12.8. The molecule has 166 valence electrons. The van der Waals surface area contributed by atoms with Gasteiger partial charge in [0.1, 0.15) is 29.9 Å². The Hall–Kier alpha value is -2.97. The van der Waals surface area contributed by atoms with Gasteiger partial charge in [0.05, 0.1) is 6.61 Å². The highest BCUT2D eigenvalue weighted by atomic mass is 32.2. The van der Waals surface area contributed by atoms with Gasteiger partial charge in [0.25, 0.3) is 11.8 Å². The molecule has 3 amide bonds. The first-order valence-corrected chi connectivity index (χ1v) is 10.8. The number of carboxylic acids is 1. The molecule has 3 rings (SSSR count). The number of rotatable bonds is 8. The van der Waals surface area contributed by atoms with Crippen LogP contribution in [0, 0.1) is 0 Å². The molecule has 2 atom stereocenters. The molecule has 0 aromatic carbocycles. The number of carboxylic acid groups (broad SMARTS) is 1. The Labute approximate surface area is 184 Å². The summed E-state index contributed by atoms with van der Waals surface area (Å²) in [6.45, 7) is 1.42. The number of hydrogen-bond donors (Lipinski definition) is 3. The summed E-state index contributed by atoms with van der Waals surface area (Å²) < 4.78 is 5.03.